The zero-order chi connectivity index (χ0) is 8.97. The molecule has 0 unspecified atom stereocenters. The highest BCUT2D eigenvalue weighted by Gasteiger charge is 1.98. The molecule has 12 heavy (non-hydrogen) atoms. The molecule has 1 amide bonds. The summed E-state index contributed by atoms with van der Waals surface area (Å²) in [7, 11) is 0. The van der Waals surface area contributed by atoms with Gasteiger partial charge in [-0.05, 0) is 23.6 Å². The van der Waals surface area contributed by atoms with E-state index in [1.807, 2.05) is 5.92 Å². The predicted octanol–water partition coefficient (Wildman–Crippen LogP) is 0.702. The standard InChI is InChI=1S/C7H4ClN3O/c1-2-6(12)10-5-3-4-9-7(8)11-5/h1,3-4H,(H,9,10,11,12). The van der Waals surface area contributed by atoms with Crippen LogP contribution >= 0.6 is 11.6 Å². The van der Waals surface area contributed by atoms with Gasteiger partial charge in [0.2, 0.25) is 5.28 Å². The van der Waals surface area contributed by atoms with Crippen molar-refractivity contribution in [2.45, 2.75) is 0 Å². The summed E-state index contributed by atoms with van der Waals surface area (Å²) in [4.78, 5) is 18.0. The van der Waals surface area contributed by atoms with Crippen molar-refractivity contribution in [3.05, 3.63) is 17.5 Å². The van der Waals surface area contributed by atoms with Crippen LogP contribution in [0, 0.1) is 12.3 Å². The van der Waals surface area contributed by atoms with Crippen molar-refractivity contribution < 1.29 is 4.79 Å². The van der Waals surface area contributed by atoms with E-state index in [2.05, 4.69) is 15.3 Å². The molecule has 0 aromatic carbocycles. The lowest BCUT2D eigenvalue weighted by atomic mass is 10.5. The molecule has 1 rings (SSSR count). The first-order chi connectivity index (χ1) is 5.72. The maximum absolute atomic E-state index is 10.6. The average molecular weight is 182 g/mol. The topological polar surface area (TPSA) is 54.9 Å². The Balaban J connectivity index is 2.78. The molecule has 0 atom stereocenters. The van der Waals surface area contributed by atoms with Crippen LogP contribution in [0.2, 0.25) is 5.28 Å². The number of hydrogen-bond acceptors (Lipinski definition) is 3. The number of carbonyl (C=O) groups excluding carboxylic acids is 1. The van der Waals surface area contributed by atoms with Crippen LogP contribution in [-0.2, 0) is 4.79 Å². The highest BCUT2D eigenvalue weighted by molar-refractivity contribution is 6.28. The predicted molar refractivity (Wildman–Crippen MR) is 44.5 cm³/mol. The molecule has 0 aliphatic rings. The smallest absolute Gasteiger partial charge is 0.300 e. The Labute approximate surface area is 74.0 Å². The quantitative estimate of drug-likeness (QED) is 0.513. The number of rotatable bonds is 1. The van der Waals surface area contributed by atoms with Gasteiger partial charge in [0.05, 0.1) is 0 Å². The van der Waals surface area contributed by atoms with Crippen LogP contribution in [0.3, 0.4) is 0 Å². The van der Waals surface area contributed by atoms with E-state index in [0.717, 1.165) is 0 Å². The summed E-state index contributed by atoms with van der Waals surface area (Å²) in [5.41, 5.74) is 0. The molecule has 1 heterocycles. The maximum Gasteiger partial charge on any atom is 0.301 e. The van der Waals surface area contributed by atoms with Crippen LogP contribution in [0.25, 0.3) is 0 Å². The largest absolute Gasteiger partial charge is 0.301 e. The van der Waals surface area contributed by atoms with Gasteiger partial charge in [-0.1, -0.05) is 0 Å². The Hall–Kier alpha value is -1.60. The van der Waals surface area contributed by atoms with Gasteiger partial charge < -0.3 is 0 Å². The molecule has 1 aromatic heterocycles. The van der Waals surface area contributed by atoms with Crippen LogP contribution in [0.15, 0.2) is 12.3 Å². The number of halogens is 1. The summed E-state index contributed by atoms with van der Waals surface area (Å²) < 4.78 is 0. The number of nitrogens with zero attached hydrogens (tertiary/aromatic N) is 2. The number of amides is 1. The van der Waals surface area contributed by atoms with Crippen LogP contribution in [-0.4, -0.2) is 15.9 Å². The molecule has 0 spiro atoms. The monoisotopic (exact) mass is 181 g/mol. The van der Waals surface area contributed by atoms with Crippen molar-refractivity contribution in [2.24, 2.45) is 0 Å². The molecule has 0 fully saturated rings. The molecular weight excluding hydrogens is 178 g/mol. The Morgan fingerprint density at radius 2 is 2.50 bits per heavy atom. The molecule has 0 aliphatic heterocycles. The first kappa shape index (κ1) is 8.50. The van der Waals surface area contributed by atoms with Gasteiger partial charge in [-0.2, -0.15) is 0 Å². The number of terminal acetylenes is 1. The van der Waals surface area contributed by atoms with Crippen molar-refractivity contribution in [2.75, 3.05) is 5.32 Å². The van der Waals surface area contributed by atoms with E-state index in [4.69, 9.17) is 18.0 Å². The minimum atomic E-state index is -0.565. The summed E-state index contributed by atoms with van der Waals surface area (Å²) >= 11 is 5.45. The molecule has 0 saturated heterocycles. The van der Waals surface area contributed by atoms with Crippen LogP contribution in [0.4, 0.5) is 5.82 Å². The molecule has 0 radical (unpaired) electrons. The maximum atomic E-state index is 10.6. The molecule has 1 N–H and O–H groups in total. The van der Waals surface area contributed by atoms with Crippen molar-refractivity contribution >= 4 is 23.3 Å². The fraction of sp³-hybridized carbons (Fsp3) is 0. The van der Waals surface area contributed by atoms with Gasteiger partial charge >= 0.3 is 5.91 Å². The number of aromatic nitrogens is 2. The van der Waals surface area contributed by atoms with Crippen LogP contribution in [0.5, 0.6) is 0 Å². The van der Waals surface area contributed by atoms with E-state index in [-0.39, 0.29) is 11.1 Å². The van der Waals surface area contributed by atoms with E-state index in [1.54, 1.807) is 0 Å². The van der Waals surface area contributed by atoms with Crippen molar-refractivity contribution in [3.8, 4) is 12.3 Å². The van der Waals surface area contributed by atoms with Crippen molar-refractivity contribution in [1.29, 1.82) is 0 Å². The summed E-state index contributed by atoms with van der Waals surface area (Å²) in [6, 6.07) is 1.49. The average Bonchev–Trinajstić information content (AvgIpc) is 2.04. The molecule has 5 heteroatoms. The Morgan fingerprint density at radius 1 is 1.75 bits per heavy atom. The minimum Gasteiger partial charge on any atom is -0.300 e. The van der Waals surface area contributed by atoms with Crippen LogP contribution < -0.4 is 5.32 Å². The highest BCUT2D eigenvalue weighted by Crippen LogP contribution is 2.04. The van der Waals surface area contributed by atoms with E-state index in [0.29, 0.717) is 0 Å². The van der Waals surface area contributed by atoms with Gasteiger partial charge in [0, 0.05) is 6.20 Å². The summed E-state index contributed by atoms with van der Waals surface area (Å²) in [6.07, 6.45) is 6.24. The fourth-order valence-corrected chi connectivity index (χ4v) is 0.704. The number of carbonyl (C=O) groups is 1. The van der Waals surface area contributed by atoms with E-state index in [9.17, 15) is 4.79 Å². The highest BCUT2D eigenvalue weighted by atomic mass is 35.5. The summed E-state index contributed by atoms with van der Waals surface area (Å²) in [6.45, 7) is 0. The van der Waals surface area contributed by atoms with Gasteiger partial charge in [-0.3, -0.25) is 10.1 Å². The normalized spacial score (nSPS) is 8.67. The first-order valence-corrected chi connectivity index (χ1v) is 3.36. The van der Waals surface area contributed by atoms with Gasteiger partial charge in [0.15, 0.2) is 0 Å². The zero-order valence-electron chi connectivity index (χ0n) is 5.91. The van der Waals surface area contributed by atoms with E-state index in [1.165, 1.54) is 12.3 Å². The lowest BCUT2D eigenvalue weighted by molar-refractivity contribution is -0.111. The summed E-state index contributed by atoms with van der Waals surface area (Å²) in [5.74, 6) is 1.60. The molecule has 1 aromatic rings. The summed E-state index contributed by atoms with van der Waals surface area (Å²) in [5, 5.41) is 2.38. The molecule has 60 valence electrons. The zero-order valence-corrected chi connectivity index (χ0v) is 6.67. The second-order valence-corrected chi connectivity index (χ2v) is 2.15. The lowest BCUT2D eigenvalue weighted by Gasteiger charge is -1.97. The van der Waals surface area contributed by atoms with Gasteiger partial charge in [-0.15, -0.1) is 6.42 Å². The fourth-order valence-electron chi connectivity index (χ4n) is 0.557. The van der Waals surface area contributed by atoms with Crippen molar-refractivity contribution in [3.63, 3.8) is 0 Å². The Bertz CT molecular complexity index is 345. The Kier molecular flexibility index (Phi) is 2.62. The van der Waals surface area contributed by atoms with Gasteiger partial charge in [0.1, 0.15) is 5.82 Å². The van der Waals surface area contributed by atoms with E-state index >= 15 is 0 Å². The minimum absolute atomic E-state index is 0.0600. The third kappa shape index (κ3) is 2.22. The lowest BCUT2D eigenvalue weighted by Crippen LogP contribution is -2.09. The second kappa shape index (κ2) is 3.69. The number of nitrogens with one attached hydrogen (secondary N) is 1. The molecule has 0 bridgehead atoms. The first-order valence-electron chi connectivity index (χ1n) is 2.98. The van der Waals surface area contributed by atoms with E-state index < -0.39 is 5.91 Å². The third-order valence-corrected chi connectivity index (χ3v) is 1.18. The van der Waals surface area contributed by atoms with Crippen LogP contribution in [0.1, 0.15) is 0 Å². The second-order valence-electron chi connectivity index (χ2n) is 1.81. The van der Waals surface area contributed by atoms with Gasteiger partial charge in [0.25, 0.3) is 0 Å². The number of anilines is 1. The number of hydrogen-bond donors (Lipinski definition) is 1. The molecule has 4 nitrogen and oxygen atoms in total. The molecule has 0 saturated carbocycles. The third-order valence-electron chi connectivity index (χ3n) is 0.999. The van der Waals surface area contributed by atoms with Crippen molar-refractivity contribution in [1.82, 2.24) is 9.97 Å². The SMILES string of the molecule is C#CC(=O)Nc1ccnc(Cl)n1. The molecule has 0 aliphatic carbocycles. The molecular formula is C7H4ClN3O. The Morgan fingerprint density at radius 3 is 3.08 bits per heavy atom. The van der Waals surface area contributed by atoms with Gasteiger partial charge in [-0.25, -0.2) is 9.97 Å².